The van der Waals surface area contributed by atoms with Gasteiger partial charge in [0.25, 0.3) is 0 Å². The molecular formula is C24H28N6O2. The Labute approximate surface area is 186 Å². The Balaban J connectivity index is 1.41. The number of nitrogens with zero attached hydrogens (tertiary/aromatic N) is 3. The highest BCUT2D eigenvalue weighted by Gasteiger charge is 2.43. The van der Waals surface area contributed by atoms with Crippen molar-refractivity contribution in [1.82, 2.24) is 20.1 Å². The first-order chi connectivity index (χ1) is 15.3. The number of carbonyl (C=O) groups is 2. The van der Waals surface area contributed by atoms with E-state index in [4.69, 9.17) is 5.73 Å². The molecule has 2 atom stereocenters. The third-order valence-corrected chi connectivity index (χ3v) is 6.94. The number of hydrogen-bond donors (Lipinski definition) is 3. The van der Waals surface area contributed by atoms with Crippen LogP contribution in [0.2, 0.25) is 0 Å². The zero-order valence-corrected chi connectivity index (χ0v) is 18.4. The van der Waals surface area contributed by atoms with Gasteiger partial charge in [0.1, 0.15) is 5.82 Å². The number of H-pyrrole nitrogens is 1. The molecule has 0 bridgehead atoms. The first-order valence-corrected chi connectivity index (χ1v) is 11.2. The molecule has 1 aromatic carbocycles. The summed E-state index contributed by atoms with van der Waals surface area (Å²) < 4.78 is 0. The van der Waals surface area contributed by atoms with Crippen molar-refractivity contribution in [2.45, 2.75) is 51.0 Å². The van der Waals surface area contributed by atoms with Gasteiger partial charge < -0.3 is 16.0 Å². The summed E-state index contributed by atoms with van der Waals surface area (Å²) in [6.45, 7) is 4.68. The number of aromatic nitrogens is 3. The van der Waals surface area contributed by atoms with Crippen molar-refractivity contribution in [2.75, 3.05) is 17.6 Å². The number of anilines is 2. The van der Waals surface area contributed by atoms with Crippen LogP contribution in [0.25, 0.3) is 10.9 Å². The Hall–Kier alpha value is -3.42. The van der Waals surface area contributed by atoms with Gasteiger partial charge in [-0.15, -0.1) is 0 Å². The minimum Gasteiger partial charge on any atom is -0.383 e. The second-order valence-electron chi connectivity index (χ2n) is 9.43. The highest BCUT2D eigenvalue weighted by molar-refractivity contribution is 6.39. The van der Waals surface area contributed by atoms with Crippen molar-refractivity contribution in [2.24, 2.45) is 5.92 Å². The number of nitrogens with two attached hydrogens (primary N) is 1. The van der Waals surface area contributed by atoms with Gasteiger partial charge in [-0.05, 0) is 73.8 Å². The first-order valence-electron chi connectivity index (χ1n) is 11.2. The van der Waals surface area contributed by atoms with E-state index < -0.39 is 17.4 Å². The lowest BCUT2D eigenvalue weighted by atomic mass is 9.78. The van der Waals surface area contributed by atoms with E-state index in [1.54, 1.807) is 11.1 Å². The Bertz CT molecular complexity index is 1200. The molecule has 2 aliphatic rings. The van der Waals surface area contributed by atoms with E-state index in [0.717, 1.165) is 47.7 Å². The summed E-state index contributed by atoms with van der Waals surface area (Å²) in [7, 11) is 0. The number of amides is 2. The second kappa shape index (κ2) is 7.62. The molecule has 1 aliphatic carbocycles. The van der Waals surface area contributed by atoms with Gasteiger partial charge in [-0.3, -0.25) is 14.7 Å². The van der Waals surface area contributed by atoms with Crippen LogP contribution >= 0.6 is 0 Å². The van der Waals surface area contributed by atoms with Gasteiger partial charge in [-0.2, -0.15) is 5.10 Å². The van der Waals surface area contributed by atoms with E-state index in [1.165, 1.54) is 6.20 Å². The van der Waals surface area contributed by atoms with Gasteiger partial charge >= 0.3 is 11.8 Å². The van der Waals surface area contributed by atoms with Crippen LogP contribution in [0.15, 0.2) is 36.7 Å². The van der Waals surface area contributed by atoms with Gasteiger partial charge in [0.05, 0.1) is 29.1 Å². The van der Waals surface area contributed by atoms with Crippen LogP contribution in [0.3, 0.4) is 0 Å². The molecular weight excluding hydrogens is 404 g/mol. The third kappa shape index (κ3) is 3.59. The summed E-state index contributed by atoms with van der Waals surface area (Å²) in [5, 5.41) is 10.8. The predicted molar refractivity (Wildman–Crippen MR) is 123 cm³/mol. The number of carbonyl (C=O) groups excluding carboxylic acids is 2. The number of benzene rings is 1. The van der Waals surface area contributed by atoms with Crippen LogP contribution in [0.5, 0.6) is 0 Å². The number of hydrogen-bond acceptors (Lipinski definition) is 5. The van der Waals surface area contributed by atoms with Crippen LogP contribution in [0, 0.1) is 5.92 Å². The van der Waals surface area contributed by atoms with Crippen molar-refractivity contribution < 1.29 is 9.59 Å². The van der Waals surface area contributed by atoms with Gasteiger partial charge in [-0.1, -0.05) is 13.0 Å². The van der Waals surface area contributed by atoms with Gasteiger partial charge in [0.2, 0.25) is 0 Å². The van der Waals surface area contributed by atoms with E-state index >= 15 is 0 Å². The van der Waals surface area contributed by atoms with Crippen molar-refractivity contribution in [3.05, 3.63) is 47.8 Å². The minimum absolute atomic E-state index is 0.317. The summed E-state index contributed by atoms with van der Waals surface area (Å²) >= 11 is 0. The van der Waals surface area contributed by atoms with E-state index in [-0.39, 0.29) is 0 Å². The first kappa shape index (κ1) is 20.5. The zero-order chi connectivity index (χ0) is 22.5. The maximum Gasteiger partial charge on any atom is 0.313 e. The molecule has 1 saturated carbocycles. The van der Waals surface area contributed by atoms with Crippen LogP contribution < -0.4 is 11.1 Å². The smallest absolute Gasteiger partial charge is 0.313 e. The number of rotatable bonds is 3. The van der Waals surface area contributed by atoms with E-state index in [9.17, 15) is 9.59 Å². The molecule has 32 heavy (non-hydrogen) atoms. The highest BCUT2D eigenvalue weighted by Crippen LogP contribution is 2.43. The lowest BCUT2D eigenvalue weighted by molar-refractivity contribution is -0.150. The molecule has 5 rings (SSSR count). The monoisotopic (exact) mass is 432 g/mol. The fourth-order valence-corrected chi connectivity index (χ4v) is 4.74. The molecule has 8 heteroatoms. The van der Waals surface area contributed by atoms with Gasteiger partial charge in [0, 0.05) is 11.9 Å². The lowest BCUT2D eigenvalue weighted by Crippen LogP contribution is -2.55. The number of aromatic amines is 1. The highest BCUT2D eigenvalue weighted by atomic mass is 16.2. The Morgan fingerprint density at radius 1 is 1.22 bits per heavy atom. The molecule has 8 nitrogen and oxygen atoms in total. The van der Waals surface area contributed by atoms with Crippen LogP contribution in [0.4, 0.5) is 11.5 Å². The lowest BCUT2D eigenvalue weighted by Gasteiger charge is -2.47. The number of likely N-dealkylation sites (tertiary alicyclic amines) is 1. The number of piperidine rings is 1. The largest absolute Gasteiger partial charge is 0.383 e. The van der Waals surface area contributed by atoms with Crippen molar-refractivity contribution in [1.29, 1.82) is 0 Å². The molecule has 2 amide bonds. The molecule has 0 spiro atoms. The topological polar surface area (TPSA) is 117 Å². The molecule has 0 unspecified atom stereocenters. The van der Waals surface area contributed by atoms with E-state index in [1.807, 2.05) is 25.1 Å². The summed E-state index contributed by atoms with van der Waals surface area (Å²) in [6.07, 6.45) is 7.21. The molecule has 3 heterocycles. The van der Waals surface area contributed by atoms with Crippen molar-refractivity contribution >= 4 is 34.2 Å². The number of pyridine rings is 1. The van der Waals surface area contributed by atoms with Gasteiger partial charge in [-0.25, -0.2) is 4.98 Å². The minimum atomic E-state index is -0.650. The quantitative estimate of drug-likeness (QED) is 0.548. The van der Waals surface area contributed by atoms with E-state index in [2.05, 4.69) is 33.5 Å². The Morgan fingerprint density at radius 3 is 2.81 bits per heavy atom. The summed E-state index contributed by atoms with van der Waals surface area (Å²) in [5.74, 6) is 0.0272. The van der Waals surface area contributed by atoms with Crippen LogP contribution in [-0.2, 0) is 15.1 Å². The Kier molecular flexibility index (Phi) is 4.87. The second-order valence-corrected chi connectivity index (χ2v) is 9.43. The normalized spacial score (nSPS) is 23.3. The Morgan fingerprint density at radius 2 is 2.03 bits per heavy atom. The summed E-state index contributed by atoms with van der Waals surface area (Å²) in [5.41, 5.74) is 8.80. The molecule has 3 aromatic rings. The third-order valence-electron chi connectivity index (χ3n) is 6.94. The molecule has 2 aromatic heterocycles. The molecule has 2 fully saturated rings. The summed E-state index contributed by atoms with van der Waals surface area (Å²) in [6, 6.07) is 7.89. The predicted octanol–water partition coefficient (Wildman–Crippen LogP) is 3.53. The average Bonchev–Trinajstić information content (AvgIpc) is 3.52. The molecule has 166 valence electrons. The number of nitrogens with one attached hydrogen (secondary N) is 2. The fourth-order valence-electron chi connectivity index (χ4n) is 4.74. The van der Waals surface area contributed by atoms with Gasteiger partial charge in [0.15, 0.2) is 0 Å². The van der Waals surface area contributed by atoms with Crippen LogP contribution in [-0.4, -0.2) is 38.4 Å². The van der Waals surface area contributed by atoms with Crippen LogP contribution in [0.1, 0.15) is 56.6 Å². The van der Waals surface area contributed by atoms with E-state index in [0.29, 0.717) is 29.9 Å². The molecule has 1 aliphatic heterocycles. The standard InChI is InChI=1S/C24H28N6O2/c1-14-7-8-24(2,17-5-6-20-16(9-17)11-27-29-20)30(13-14)23(32)22(31)28-18-10-19(15-3-4-15)21(25)26-12-18/h5-6,9-12,14-15H,3-4,7-8,13H2,1-2H3,(H2,25,26)(H,27,29)(H,28,31)/t14-,24-/m0/s1. The molecule has 0 radical (unpaired) electrons. The van der Waals surface area contributed by atoms with Crippen molar-refractivity contribution in [3.8, 4) is 0 Å². The molecule has 1 saturated heterocycles. The number of nitrogen functional groups attached to an aromatic ring is 1. The molecule has 4 N–H and O–H groups in total. The fraction of sp³-hybridized carbons (Fsp3) is 0.417. The summed E-state index contributed by atoms with van der Waals surface area (Å²) in [4.78, 5) is 32.3. The number of fused-ring (bicyclic) bond motifs is 1. The SMILES string of the molecule is C[C@H]1CC[C@@](C)(c2ccc3[nH]ncc3c2)N(C(=O)C(=O)Nc2cnc(N)c(C3CC3)c2)C1. The maximum atomic E-state index is 13.4. The average molecular weight is 433 g/mol. The maximum absolute atomic E-state index is 13.4. The van der Waals surface area contributed by atoms with Crippen molar-refractivity contribution in [3.63, 3.8) is 0 Å². The zero-order valence-electron chi connectivity index (χ0n) is 18.4.